The normalized spacial score (nSPS) is 23.5. The molecule has 0 amide bonds. The van der Waals surface area contributed by atoms with Gasteiger partial charge in [-0.05, 0) is 42.2 Å². The zero-order valence-corrected chi connectivity index (χ0v) is 19.7. The van der Waals surface area contributed by atoms with E-state index in [1.54, 1.807) is 16.4 Å². The van der Waals surface area contributed by atoms with E-state index in [1.165, 1.54) is 0 Å². The number of likely N-dealkylation sites (tertiary alicyclic amines) is 1. The first-order valence-corrected chi connectivity index (χ1v) is 12.0. The third-order valence-electron chi connectivity index (χ3n) is 6.81. The quantitative estimate of drug-likeness (QED) is 0.579. The SMILES string of the molecule is C[C@H]1C[C@@]2(CCN1Cc1cnn(Cc3nnnn3C)c1)OCCc1c2sc(C(F)(F)F)c1CO. The van der Waals surface area contributed by atoms with Crippen LogP contribution in [0.5, 0.6) is 0 Å². The summed E-state index contributed by atoms with van der Waals surface area (Å²) in [6.07, 6.45) is 0.905. The van der Waals surface area contributed by atoms with Crippen LogP contribution in [0.1, 0.15) is 52.0 Å². The number of aromatic nitrogens is 6. The maximum atomic E-state index is 13.6. The molecule has 0 aliphatic carbocycles. The van der Waals surface area contributed by atoms with E-state index >= 15 is 0 Å². The summed E-state index contributed by atoms with van der Waals surface area (Å²) in [5.74, 6) is 0.699. The van der Waals surface area contributed by atoms with Crippen LogP contribution in [0, 0.1) is 0 Å². The molecule has 0 saturated carbocycles. The van der Waals surface area contributed by atoms with Crippen molar-refractivity contribution in [2.75, 3.05) is 13.2 Å². The Morgan fingerprint density at radius 1 is 1.32 bits per heavy atom. The first-order chi connectivity index (χ1) is 16.2. The minimum absolute atomic E-state index is 0.0239. The summed E-state index contributed by atoms with van der Waals surface area (Å²) in [5, 5.41) is 25.6. The van der Waals surface area contributed by atoms with Crippen molar-refractivity contribution in [2.45, 2.75) is 63.7 Å². The van der Waals surface area contributed by atoms with E-state index in [2.05, 4.69) is 32.4 Å². The van der Waals surface area contributed by atoms with E-state index < -0.39 is 23.3 Å². The van der Waals surface area contributed by atoms with Crippen molar-refractivity contribution >= 4 is 11.3 Å². The zero-order chi connectivity index (χ0) is 24.1. The first kappa shape index (κ1) is 23.4. The monoisotopic (exact) mass is 497 g/mol. The van der Waals surface area contributed by atoms with Gasteiger partial charge in [0.25, 0.3) is 0 Å². The number of halogens is 3. The average Bonchev–Trinajstić information content (AvgIpc) is 3.50. The molecule has 184 valence electrons. The van der Waals surface area contributed by atoms with Crippen LogP contribution in [0.15, 0.2) is 12.4 Å². The maximum Gasteiger partial charge on any atom is 0.425 e. The Labute approximate surface area is 198 Å². The fraction of sp³-hybridized carbons (Fsp3) is 0.619. The molecule has 1 spiro atoms. The van der Waals surface area contributed by atoms with Crippen LogP contribution >= 0.6 is 11.3 Å². The number of alkyl halides is 3. The molecule has 1 N–H and O–H groups in total. The molecule has 9 nitrogen and oxygen atoms in total. The summed E-state index contributed by atoms with van der Waals surface area (Å²) < 4.78 is 50.5. The molecule has 0 bridgehead atoms. The third kappa shape index (κ3) is 4.14. The molecule has 2 atom stereocenters. The van der Waals surface area contributed by atoms with Gasteiger partial charge >= 0.3 is 6.18 Å². The van der Waals surface area contributed by atoms with Crippen LogP contribution in [-0.2, 0) is 49.7 Å². The number of aryl methyl sites for hydroxylation is 1. The van der Waals surface area contributed by atoms with Gasteiger partial charge in [-0.25, -0.2) is 4.68 Å². The Hall–Kier alpha value is -2.35. The van der Waals surface area contributed by atoms with Crippen LogP contribution in [0.2, 0.25) is 0 Å². The lowest BCUT2D eigenvalue weighted by Crippen LogP contribution is -2.50. The van der Waals surface area contributed by atoms with Gasteiger partial charge in [-0.3, -0.25) is 9.58 Å². The molecule has 1 saturated heterocycles. The van der Waals surface area contributed by atoms with Crippen LogP contribution in [0.4, 0.5) is 13.2 Å². The molecule has 5 rings (SSSR count). The lowest BCUT2D eigenvalue weighted by Gasteiger charge is -2.47. The fourth-order valence-corrected chi connectivity index (χ4v) is 6.51. The lowest BCUT2D eigenvalue weighted by atomic mass is 9.81. The van der Waals surface area contributed by atoms with Crippen LogP contribution in [0.3, 0.4) is 0 Å². The molecule has 13 heteroatoms. The van der Waals surface area contributed by atoms with E-state index in [1.807, 2.05) is 12.4 Å². The molecule has 1 fully saturated rings. The second-order valence-corrected chi connectivity index (χ2v) is 10.0. The molecule has 2 aliphatic rings. The highest BCUT2D eigenvalue weighted by Gasteiger charge is 2.48. The van der Waals surface area contributed by atoms with Crippen LogP contribution in [0.25, 0.3) is 0 Å². The Balaban J connectivity index is 1.31. The van der Waals surface area contributed by atoms with Gasteiger partial charge in [0, 0.05) is 48.4 Å². The first-order valence-electron chi connectivity index (χ1n) is 11.1. The topological polar surface area (TPSA) is 94.1 Å². The summed E-state index contributed by atoms with van der Waals surface area (Å²) >= 11 is 0.752. The Morgan fingerprint density at radius 2 is 2.15 bits per heavy atom. The molecular formula is C21H26F3N7O2S. The number of piperidine rings is 1. The molecule has 3 aromatic heterocycles. The molecular weight excluding hydrogens is 471 g/mol. The van der Waals surface area contributed by atoms with Gasteiger partial charge in [0.1, 0.15) is 17.0 Å². The van der Waals surface area contributed by atoms with Gasteiger partial charge in [-0.2, -0.15) is 18.3 Å². The van der Waals surface area contributed by atoms with Crippen molar-refractivity contribution in [1.29, 1.82) is 0 Å². The summed E-state index contributed by atoms with van der Waals surface area (Å²) in [5.41, 5.74) is 0.965. The highest BCUT2D eigenvalue weighted by Crippen LogP contribution is 2.51. The Morgan fingerprint density at radius 3 is 2.82 bits per heavy atom. The van der Waals surface area contributed by atoms with Crippen molar-refractivity contribution in [3.63, 3.8) is 0 Å². The number of aliphatic hydroxyl groups excluding tert-OH is 1. The summed E-state index contributed by atoms with van der Waals surface area (Å²) in [6, 6.07) is 0.0972. The molecule has 2 aliphatic heterocycles. The average molecular weight is 498 g/mol. The number of aliphatic hydroxyl groups is 1. The number of hydrogen-bond acceptors (Lipinski definition) is 8. The third-order valence-corrected chi connectivity index (χ3v) is 8.32. The van der Waals surface area contributed by atoms with Crippen molar-refractivity contribution < 1.29 is 23.0 Å². The molecule has 34 heavy (non-hydrogen) atoms. The minimum atomic E-state index is -4.48. The van der Waals surface area contributed by atoms with E-state index in [4.69, 9.17) is 4.74 Å². The predicted octanol–water partition coefficient (Wildman–Crippen LogP) is 2.48. The standard InChI is InChI=1S/C21H26F3N7O2S/c1-13-7-20(18-15(3-6-33-20)16(12-32)19(34-18)21(22,23)24)4-5-30(13)9-14-8-25-31(10-14)11-17-26-27-28-29(17)2/h8,10,13,32H,3-7,9,11-12H2,1-2H3/t13-,20+/m0/s1. The number of nitrogens with zero attached hydrogens (tertiary/aromatic N) is 7. The summed E-state index contributed by atoms with van der Waals surface area (Å²) in [7, 11) is 1.78. The molecule has 3 aromatic rings. The summed E-state index contributed by atoms with van der Waals surface area (Å²) in [6.45, 7) is 3.68. The fourth-order valence-electron chi connectivity index (χ4n) is 5.10. The Bertz CT molecular complexity index is 1170. The number of hydrogen-bond donors (Lipinski definition) is 1. The molecule has 0 radical (unpaired) electrons. The number of rotatable bonds is 5. The van der Waals surface area contributed by atoms with Crippen molar-refractivity contribution in [3.05, 3.63) is 44.7 Å². The van der Waals surface area contributed by atoms with Crippen LogP contribution in [-0.4, -0.2) is 59.2 Å². The van der Waals surface area contributed by atoms with Gasteiger partial charge in [-0.15, -0.1) is 16.4 Å². The largest absolute Gasteiger partial charge is 0.425 e. The molecule has 5 heterocycles. The van der Waals surface area contributed by atoms with Crippen molar-refractivity contribution in [1.82, 2.24) is 34.9 Å². The second kappa shape index (κ2) is 8.70. The van der Waals surface area contributed by atoms with Gasteiger partial charge in [-0.1, -0.05) is 0 Å². The number of tetrazole rings is 1. The highest BCUT2D eigenvalue weighted by molar-refractivity contribution is 7.12. The van der Waals surface area contributed by atoms with Crippen LogP contribution < -0.4 is 0 Å². The lowest BCUT2D eigenvalue weighted by molar-refractivity contribution is -0.135. The van der Waals surface area contributed by atoms with E-state index in [0.29, 0.717) is 61.8 Å². The van der Waals surface area contributed by atoms with Crippen molar-refractivity contribution in [2.24, 2.45) is 7.05 Å². The smallest absolute Gasteiger partial charge is 0.392 e. The number of fused-ring (bicyclic) bond motifs is 2. The second-order valence-electron chi connectivity index (χ2n) is 9.00. The van der Waals surface area contributed by atoms with Gasteiger partial charge in [0.15, 0.2) is 5.82 Å². The van der Waals surface area contributed by atoms with E-state index in [-0.39, 0.29) is 11.6 Å². The van der Waals surface area contributed by atoms with Gasteiger partial charge < -0.3 is 9.84 Å². The Kier molecular flexibility index (Phi) is 5.99. The molecule has 0 unspecified atom stereocenters. The molecule has 0 aromatic carbocycles. The number of ether oxygens (including phenoxy) is 1. The summed E-state index contributed by atoms with van der Waals surface area (Å²) in [4.78, 5) is 2.26. The number of thiophene rings is 1. The van der Waals surface area contributed by atoms with E-state index in [0.717, 1.165) is 16.9 Å². The maximum absolute atomic E-state index is 13.6. The predicted molar refractivity (Wildman–Crippen MR) is 116 cm³/mol. The minimum Gasteiger partial charge on any atom is -0.392 e. The zero-order valence-electron chi connectivity index (χ0n) is 18.9. The van der Waals surface area contributed by atoms with Gasteiger partial charge in [0.2, 0.25) is 0 Å². The van der Waals surface area contributed by atoms with E-state index in [9.17, 15) is 18.3 Å². The highest BCUT2D eigenvalue weighted by atomic mass is 32.1. The van der Waals surface area contributed by atoms with Gasteiger partial charge in [0.05, 0.1) is 19.4 Å². The van der Waals surface area contributed by atoms with Crippen molar-refractivity contribution in [3.8, 4) is 0 Å².